The van der Waals surface area contributed by atoms with Gasteiger partial charge in [0, 0.05) is 32.9 Å². The first-order valence-electron chi connectivity index (χ1n) is 6.03. The molecule has 104 valence electrons. The molecule has 0 aliphatic heterocycles. The summed E-state index contributed by atoms with van der Waals surface area (Å²) in [7, 11) is 3.76. The zero-order valence-electron chi connectivity index (χ0n) is 11.0. The van der Waals surface area contributed by atoms with E-state index < -0.39 is 0 Å². The number of rotatable bonds is 6. The maximum Gasteiger partial charge on any atom is 0.179 e. The van der Waals surface area contributed by atoms with Gasteiger partial charge in [-0.2, -0.15) is 0 Å². The Morgan fingerprint density at radius 2 is 2.32 bits per heavy atom. The van der Waals surface area contributed by atoms with E-state index in [1.807, 2.05) is 10.6 Å². The number of hydrogen-bond acceptors (Lipinski definition) is 4. The minimum absolute atomic E-state index is 0.605. The lowest BCUT2D eigenvalue weighted by Crippen LogP contribution is -2.26. The Kier molecular flexibility index (Phi) is 4.93. The second kappa shape index (κ2) is 6.47. The summed E-state index contributed by atoms with van der Waals surface area (Å²) in [6.07, 6.45) is 1.64. The molecule has 2 heterocycles. The van der Waals surface area contributed by atoms with Gasteiger partial charge in [0.2, 0.25) is 0 Å². The van der Waals surface area contributed by atoms with Crippen molar-refractivity contribution < 1.29 is 4.74 Å². The van der Waals surface area contributed by atoms with Crippen LogP contribution in [0.25, 0.3) is 11.2 Å². The van der Waals surface area contributed by atoms with Gasteiger partial charge in [0.15, 0.2) is 10.4 Å². The van der Waals surface area contributed by atoms with E-state index in [-0.39, 0.29) is 0 Å². The van der Waals surface area contributed by atoms with Gasteiger partial charge in [-0.1, -0.05) is 11.6 Å². The number of nitrogens with zero attached hydrogens (tertiary/aromatic N) is 3. The van der Waals surface area contributed by atoms with Crippen LogP contribution in [0.3, 0.4) is 0 Å². The fraction of sp³-hybridized carbons (Fsp3) is 0.500. The molecule has 5 nitrogen and oxygen atoms in total. The van der Waals surface area contributed by atoms with E-state index in [0.717, 1.165) is 37.4 Å². The monoisotopic (exact) mass is 300 g/mol. The standard InChI is InChI=1S/C12H17ClN4OS/c1-16(5-6-18-2)3-4-17-11-10(15-12(17)19)7-9(13)8-14-11/h7-8H,3-6H2,1-2H3,(H,15,19). The Bertz CT molecular complexity index is 609. The fourth-order valence-electron chi connectivity index (χ4n) is 1.86. The van der Waals surface area contributed by atoms with Crippen LogP contribution < -0.4 is 0 Å². The van der Waals surface area contributed by atoms with Crippen molar-refractivity contribution in [2.45, 2.75) is 6.54 Å². The van der Waals surface area contributed by atoms with Gasteiger partial charge >= 0.3 is 0 Å². The van der Waals surface area contributed by atoms with Gasteiger partial charge in [-0.3, -0.25) is 0 Å². The average Bonchev–Trinajstić information content (AvgIpc) is 2.68. The van der Waals surface area contributed by atoms with Crippen molar-refractivity contribution in [2.24, 2.45) is 0 Å². The van der Waals surface area contributed by atoms with Crippen LogP contribution in [0.5, 0.6) is 0 Å². The number of nitrogens with one attached hydrogen (secondary N) is 1. The van der Waals surface area contributed by atoms with Crippen LogP contribution in [0.2, 0.25) is 5.02 Å². The first kappa shape index (κ1) is 14.5. The third-order valence-corrected chi connectivity index (χ3v) is 3.49. The third-order valence-electron chi connectivity index (χ3n) is 2.96. The molecule has 0 atom stereocenters. The normalized spacial score (nSPS) is 11.6. The van der Waals surface area contributed by atoms with Crippen LogP contribution in [0.4, 0.5) is 0 Å². The number of fused-ring (bicyclic) bond motifs is 1. The van der Waals surface area contributed by atoms with Crippen molar-refractivity contribution in [3.05, 3.63) is 22.1 Å². The van der Waals surface area contributed by atoms with E-state index >= 15 is 0 Å². The molecule has 0 fully saturated rings. The van der Waals surface area contributed by atoms with Crippen molar-refractivity contribution in [1.82, 2.24) is 19.4 Å². The number of imidazole rings is 1. The maximum absolute atomic E-state index is 5.92. The second-order valence-corrected chi connectivity index (χ2v) is 5.23. The van der Waals surface area contributed by atoms with Crippen molar-refractivity contribution in [3.63, 3.8) is 0 Å². The molecule has 0 aliphatic carbocycles. The topological polar surface area (TPSA) is 46.1 Å². The van der Waals surface area contributed by atoms with E-state index in [4.69, 9.17) is 28.6 Å². The lowest BCUT2D eigenvalue weighted by atomic mass is 10.4. The molecule has 0 aliphatic rings. The molecule has 0 bridgehead atoms. The summed E-state index contributed by atoms with van der Waals surface area (Å²) in [5, 5.41) is 0.605. The van der Waals surface area contributed by atoms with Gasteiger partial charge in [-0.05, 0) is 25.3 Å². The van der Waals surface area contributed by atoms with Crippen LogP contribution in [0.15, 0.2) is 12.3 Å². The highest BCUT2D eigenvalue weighted by molar-refractivity contribution is 7.71. The number of likely N-dealkylation sites (N-methyl/N-ethyl adjacent to an activating group) is 1. The number of aromatic amines is 1. The van der Waals surface area contributed by atoms with Crippen molar-refractivity contribution >= 4 is 35.0 Å². The van der Waals surface area contributed by atoms with Crippen LogP contribution in [-0.2, 0) is 11.3 Å². The molecule has 0 amide bonds. The highest BCUT2D eigenvalue weighted by Crippen LogP contribution is 2.16. The summed E-state index contributed by atoms with van der Waals surface area (Å²) in [5.74, 6) is 0. The van der Waals surface area contributed by atoms with Gasteiger partial charge in [0.05, 0.1) is 17.1 Å². The Morgan fingerprint density at radius 1 is 1.53 bits per heavy atom. The lowest BCUT2D eigenvalue weighted by Gasteiger charge is -2.16. The van der Waals surface area contributed by atoms with E-state index in [0.29, 0.717) is 9.79 Å². The SMILES string of the molecule is COCCN(C)CCn1c(=S)[nH]c2cc(Cl)cnc21. The number of H-pyrrole nitrogens is 1. The summed E-state index contributed by atoms with van der Waals surface area (Å²) in [6, 6.07) is 1.84. The molecule has 0 saturated carbocycles. The predicted octanol–water partition coefficient (Wildman–Crippen LogP) is 2.33. The third kappa shape index (κ3) is 3.54. The first-order valence-corrected chi connectivity index (χ1v) is 6.82. The van der Waals surface area contributed by atoms with Gasteiger partial charge in [-0.15, -0.1) is 0 Å². The van der Waals surface area contributed by atoms with Crippen molar-refractivity contribution in [1.29, 1.82) is 0 Å². The molecule has 19 heavy (non-hydrogen) atoms. The van der Waals surface area contributed by atoms with E-state index in [9.17, 15) is 0 Å². The summed E-state index contributed by atoms with van der Waals surface area (Å²) in [6.45, 7) is 3.29. The summed E-state index contributed by atoms with van der Waals surface area (Å²) in [5.41, 5.74) is 1.71. The Morgan fingerprint density at radius 3 is 3.05 bits per heavy atom. The molecule has 0 saturated heterocycles. The molecule has 1 N–H and O–H groups in total. The number of methoxy groups -OCH3 is 1. The van der Waals surface area contributed by atoms with E-state index in [2.05, 4.69) is 21.9 Å². The molecule has 2 aromatic rings. The molecular formula is C12H17ClN4OS. The molecule has 2 aromatic heterocycles. The number of hydrogen-bond donors (Lipinski definition) is 1. The number of aromatic nitrogens is 3. The van der Waals surface area contributed by atoms with Crippen LogP contribution in [0.1, 0.15) is 0 Å². The maximum atomic E-state index is 5.92. The van der Waals surface area contributed by atoms with Crippen LogP contribution in [-0.4, -0.2) is 53.3 Å². The zero-order chi connectivity index (χ0) is 13.8. The smallest absolute Gasteiger partial charge is 0.179 e. The Balaban J connectivity index is 2.12. The van der Waals surface area contributed by atoms with Crippen molar-refractivity contribution in [2.75, 3.05) is 33.9 Å². The summed E-state index contributed by atoms with van der Waals surface area (Å²) >= 11 is 11.2. The minimum Gasteiger partial charge on any atom is -0.383 e. The quantitative estimate of drug-likeness (QED) is 0.832. The average molecular weight is 301 g/mol. The van der Waals surface area contributed by atoms with Crippen LogP contribution in [0, 0.1) is 4.77 Å². The molecule has 7 heteroatoms. The van der Waals surface area contributed by atoms with E-state index in [1.54, 1.807) is 13.3 Å². The minimum atomic E-state index is 0.605. The number of halogens is 1. The summed E-state index contributed by atoms with van der Waals surface area (Å²) < 4.78 is 7.72. The molecule has 0 unspecified atom stereocenters. The molecule has 0 spiro atoms. The van der Waals surface area contributed by atoms with E-state index in [1.165, 1.54) is 0 Å². The van der Waals surface area contributed by atoms with Gasteiger partial charge in [0.1, 0.15) is 0 Å². The van der Waals surface area contributed by atoms with Crippen molar-refractivity contribution in [3.8, 4) is 0 Å². The number of ether oxygens (including phenoxy) is 1. The molecule has 0 radical (unpaired) electrons. The van der Waals surface area contributed by atoms with Crippen LogP contribution >= 0.6 is 23.8 Å². The first-order chi connectivity index (χ1) is 9.11. The highest BCUT2D eigenvalue weighted by atomic mass is 35.5. The molecule has 0 aromatic carbocycles. The number of pyridine rings is 1. The van der Waals surface area contributed by atoms with Gasteiger partial charge in [-0.25, -0.2) is 4.98 Å². The zero-order valence-corrected chi connectivity index (χ0v) is 12.6. The Labute approximate surface area is 122 Å². The highest BCUT2D eigenvalue weighted by Gasteiger charge is 2.07. The molecular weight excluding hydrogens is 284 g/mol. The summed E-state index contributed by atoms with van der Waals surface area (Å²) in [4.78, 5) is 9.65. The molecule has 2 rings (SSSR count). The largest absolute Gasteiger partial charge is 0.383 e. The lowest BCUT2D eigenvalue weighted by molar-refractivity contribution is 0.159. The Hall–Kier alpha value is -0.950. The fourth-order valence-corrected chi connectivity index (χ4v) is 2.30. The predicted molar refractivity (Wildman–Crippen MR) is 79.3 cm³/mol. The van der Waals surface area contributed by atoms with Gasteiger partial charge in [0.25, 0.3) is 0 Å². The second-order valence-electron chi connectivity index (χ2n) is 4.40. The van der Waals surface area contributed by atoms with Gasteiger partial charge < -0.3 is 19.2 Å².